The Morgan fingerprint density at radius 1 is 0.583 bits per heavy atom. The molecule has 0 amide bonds. The van der Waals surface area contributed by atoms with Crippen molar-refractivity contribution in [3.05, 3.63) is 172 Å². The maximum Gasteiger partial charge on any atom is 1.00 e. The van der Waals surface area contributed by atoms with Crippen LogP contribution in [0.4, 0.5) is 48.1 Å². The Hall–Kier alpha value is -10.5. The van der Waals surface area contributed by atoms with Crippen molar-refractivity contribution in [3.8, 4) is 17.1 Å². The second-order valence-corrected chi connectivity index (χ2v) is 23.6. The summed E-state index contributed by atoms with van der Waals surface area (Å²) in [4.78, 5) is 39.8. The molecule has 0 radical (unpaired) electrons. The number of nitrogens with two attached hydrogens (primary N) is 1. The number of nitrogens with zero attached hydrogens (tertiary/aromatic N) is 27. The van der Waals surface area contributed by atoms with Gasteiger partial charge in [0.05, 0.1) is 87.8 Å². The first-order valence-electron chi connectivity index (χ1n) is 30.7. The summed E-state index contributed by atoms with van der Waals surface area (Å²) in [6.07, 6.45) is 13.2. The number of alkyl halides is 5. The number of aromatic nitrogens is 21. The smallest absolute Gasteiger partial charge is 0.475 e. The topological polar surface area (TPSA) is 459 Å². The number of nitrogens with one attached hydrogen (secondary N) is 3. The molecule has 35 nitrogen and oxygen atoms in total. The Morgan fingerprint density at radius 2 is 0.883 bits per heavy atom. The Balaban J connectivity index is 0.000000245. The molecule has 10 heterocycles. The number of anilines is 6. The van der Waals surface area contributed by atoms with E-state index < -0.39 is 28.8 Å². The summed E-state index contributed by atoms with van der Waals surface area (Å²) in [5.74, 6) is -1.43. The van der Waals surface area contributed by atoms with Crippen LogP contribution >= 0.6 is 23.2 Å². The minimum Gasteiger partial charge on any atom is -0.475 e. The van der Waals surface area contributed by atoms with Gasteiger partial charge in [0, 0.05) is 61.9 Å². The van der Waals surface area contributed by atoms with Gasteiger partial charge in [0.15, 0.2) is 33.5 Å². The summed E-state index contributed by atoms with van der Waals surface area (Å²) in [5.41, 5.74) is 37.7. The van der Waals surface area contributed by atoms with Gasteiger partial charge < -0.3 is 47.7 Å². The van der Waals surface area contributed by atoms with Gasteiger partial charge in [-0.2, -0.15) is 57.5 Å². The minimum absolute atomic E-state index is 0. The zero-order valence-corrected chi connectivity index (χ0v) is 60.5. The fourth-order valence-electron chi connectivity index (χ4n) is 8.81. The summed E-state index contributed by atoms with van der Waals surface area (Å²) in [6, 6.07) is 22.9. The predicted molar refractivity (Wildman–Crippen MR) is 379 cm³/mol. The second kappa shape index (κ2) is 38.5. The fourth-order valence-corrected chi connectivity index (χ4v) is 8.81. The molecule has 0 spiro atoms. The Kier molecular flexibility index (Phi) is 31.1. The number of azide groups is 1. The molecule has 1 fully saturated rings. The van der Waals surface area contributed by atoms with Gasteiger partial charge in [-0.15, -0.1) is 38.5 Å². The zero-order chi connectivity index (χ0) is 73.5. The molecule has 41 heteroatoms. The average Bonchev–Trinajstić information content (AvgIpc) is 1.69. The van der Waals surface area contributed by atoms with Crippen LogP contribution in [0.15, 0.2) is 134 Å². The molecule has 538 valence electrons. The van der Waals surface area contributed by atoms with Crippen molar-refractivity contribution < 1.29 is 62.5 Å². The summed E-state index contributed by atoms with van der Waals surface area (Å²) < 4.78 is 47.1. The molecule has 0 saturated carbocycles. The number of aliphatic hydroxyl groups is 1. The first-order chi connectivity index (χ1) is 48.1. The van der Waals surface area contributed by atoms with Crippen LogP contribution in [0.25, 0.3) is 77.0 Å². The standard InChI is InChI=1S/C18H19N11.C18H21N9.C18H20N8O.C4H8O.C2HF3O2.CH2Cl2.CH4.N3.Na/c1-4-28-11-13(9-21-28)22-17-20-10-15-16(23-17)29(27-24-15)14-7-5-12(6-8-14)18(2,3)25-26-19;1-4-26-11-13(9-21-26)22-17-20-10-15-16(23-17)27(25-24-15)14-7-5-12(6-8-14)18(2,3)19;1-4-25-11-13(9-20-25)21-17-19-10-15-16(22-17)26(24-23-15)14-7-5-12(6-8-14)18(2,3)27;1-2-4-5-3-1;3-2(4,5)1(6)7;2-1-3;;1-3-2;/h5-11H,4H2,1-3H3,(H,20,22,23);5-11H,4,19H2,1-3H3,(H,20,22,23);5-11,27H,4H2,1-3H3,(H,19,21,22);1-4H2;(H,6,7);1H2;1H4;;/q;;;;;;;-1;+1. The van der Waals surface area contributed by atoms with E-state index in [1.54, 1.807) is 65.1 Å². The van der Waals surface area contributed by atoms with E-state index in [0.717, 1.165) is 83.7 Å². The molecular formula is C62H75Cl2F3N31NaO4. The van der Waals surface area contributed by atoms with E-state index in [0.29, 0.717) is 51.3 Å². The fraction of sp³-hybridized carbons (Fsp3) is 0.355. The maximum atomic E-state index is 10.6. The van der Waals surface area contributed by atoms with Gasteiger partial charge in [-0.05, 0) is 120 Å². The molecule has 13 rings (SSSR count). The molecule has 3 aromatic carbocycles. The number of hydrogen-bond donors (Lipinski definition) is 6. The number of fused-ring (bicyclic) bond motifs is 3. The number of carbonyl (C=O) groups is 1. The average molecular weight is 1470 g/mol. The normalized spacial score (nSPS) is 11.6. The number of halogens is 5. The second-order valence-electron chi connectivity index (χ2n) is 22.8. The Morgan fingerprint density at radius 3 is 1.13 bits per heavy atom. The van der Waals surface area contributed by atoms with E-state index in [1.165, 1.54) is 17.8 Å². The van der Waals surface area contributed by atoms with Gasteiger partial charge in [-0.3, -0.25) is 19.0 Å². The molecule has 0 bridgehead atoms. The Labute approximate surface area is 619 Å². The van der Waals surface area contributed by atoms with E-state index >= 15 is 0 Å². The summed E-state index contributed by atoms with van der Waals surface area (Å²) in [6.45, 7) is 21.6. The molecule has 0 unspecified atom stereocenters. The molecule has 0 atom stereocenters. The molecule has 7 N–H and O–H groups in total. The van der Waals surface area contributed by atoms with Gasteiger partial charge in [0.2, 0.25) is 17.8 Å². The zero-order valence-electron chi connectivity index (χ0n) is 57.0. The quantitative estimate of drug-likeness (QED) is 0.0172. The largest absolute Gasteiger partial charge is 1.00 e. The van der Waals surface area contributed by atoms with Gasteiger partial charge in [0.25, 0.3) is 0 Å². The first kappa shape index (κ1) is 83.1. The van der Waals surface area contributed by atoms with E-state index in [2.05, 4.69) is 102 Å². The van der Waals surface area contributed by atoms with E-state index in [9.17, 15) is 18.3 Å². The molecule has 1 aliphatic rings. The van der Waals surface area contributed by atoms with Crippen LogP contribution in [-0.4, -0.2) is 145 Å². The first-order valence-corrected chi connectivity index (χ1v) is 31.7. The van der Waals surface area contributed by atoms with Crippen LogP contribution in [0.5, 0.6) is 0 Å². The van der Waals surface area contributed by atoms with Gasteiger partial charge in [0.1, 0.15) is 0 Å². The molecule has 1 aliphatic heterocycles. The molecular weight excluding hydrogens is 1390 g/mol. The van der Waals surface area contributed by atoms with Crippen molar-refractivity contribution in [1.82, 2.24) is 104 Å². The third-order valence-electron chi connectivity index (χ3n) is 14.1. The van der Waals surface area contributed by atoms with E-state index in [1.807, 2.05) is 154 Å². The SMILES string of the molecule is C.C1CCOC1.CCn1cc(Nc2ncc3nnn(-c4ccc(C(C)(C)N)cc4)c3n2)cn1.CCn1cc(Nc2ncc3nnn(-c4ccc(C(C)(C)N=[N+]=[N-])cc4)c3n2)cn1.CCn1cc(Nc2ncc3nnn(-c4ccc(C(C)(C)O)cc4)c3n2)cn1.ClCCl.O=C(O)C(F)(F)F.[N-]=[N+]=[N-].[Na+]. The third kappa shape index (κ3) is 23.8. The van der Waals surface area contributed by atoms with Crippen LogP contribution < -0.4 is 51.2 Å². The van der Waals surface area contributed by atoms with E-state index in [4.69, 9.17) is 60.2 Å². The van der Waals surface area contributed by atoms with Crippen molar-refractivity contribution in [2.75, 3.05) is 34.5 Å². The summed E-state index contributed by atoms with van der Waals surface area (Å²) in [7, 11) is 0. The molecule has 12 aromatic rings. The van der Waals surface area contributed by atoms with Crippen LogP contribution in [0.3, 0.4) is 0 Å². The van der Waals surface area contributed by atoms with Crippen LogP contribution in [0.2, 0.25) is 0 Å². The van der Waals surface area contributed by atoms with Crippen LogP contribution in [0.1, 0.15) is 99.3 Å². The maximum absolute atomic E-state index is 10.6. The summed E-state index contributed by atoms with van der Waals surface area (Å²) in [5, 5.41) is 68.4. The van der Waals surface area contributed by atoms with Crippen molar-refractivity contribution in [2.24, 2.45) is 10.8 Å². The van der Waals surface area contributed by atoms with Crippen molar-refractivity contribution in [3.63, 3.8) is 0 Å². The van der Waals surface area contributed by atoms with Crippen molar-refractivity contribution in [1.29, 1.82) is 0 Å². The number of benzene rings is 3. The van der Waals surface area contributed by atoms with Crippen LogP contribution in [-0.2, 0) is 45.8 Å². The number of ether oxygens (including phenoxy) is 1. The summed E-state index contributed by atoms with van der Waals surface area (Å²) >= 11 is 9.53. The van der Waals surface area contributed by atoms with Crippen LogP contribution in [0, 0.1) is 0 Å². The molecule has 9 aromatic heterocycles. The predicted octanol–water partition coefficient (Wildman–Crippen LogP) is 9.84. The van der Waals surface area contributed by atoms with Gasteiger partial charge in [-0.25, -0.2) is 19.7 Å². The molecule has 103 heavy (non-hydrogen) atoms. The van der Waals surface area contributed by atoms with E-state index in [-0.39, 0.29) is 42.3 Å². The number of rotatable bonds is 16. The number of aliphatic carboxylic acids is 1. The third-order valence-corrected chi connectivity index (χ3v) is 14.1. The number of carboxylic acids is 1. The van der Waals surface area contributed by atoms with Crippen molar-refractivity contribution in [2.45, 2.75) is 125 Å². The van der Waals surface area contributed by atoms with Gasteiger partial charge in [-0.1, -0.05) is 78.4 Å². The molecule has 1 saturated heterocycles. The number of aryl methyl sites for hydroxylation is 3. The number of hydrogen-bond acceptors (Lipinski definition) is 23. The van der Waals surface area contributed by atoms with Crippen molar-refractivity contribution >= 4 is 97.6 Å². The van der Waals surface area contributed by atoms with Gasteiger partial charge >= 0.3 is 41.7 Å². The number of carboxylic acid groups (broad SMARTS) is 1. The minimum atomic E-state index is -5.08. The Bertz CT molecular complexity index is 4520. The molecule has 0 aliphatic carbocycles. The monoisotopic (exact) mass is 1470 g/mol.